The molecule has 1 aliphatic rings. The Hall–Kier alpha value is -3.02. The van der Waals surface area contributed by atoms with E-state index in [0.29, 0.717) is 35.8 Å². The molecular formula is C23H27NO5. The highest BCUT2D eigenvalue weighted by Gasteiger charge is 2.31. The van der Waals surface area contributed by atoms with Crippen molar-refractivity contribution < 1.29 is 23.8 Å². The maximum absolute atomic E-state index is 12.8. The molecule has 1 N–H and O–H groups in total. The van der Waals surface area contributed by atoms with E-state index in [-0.39, 0.29) is 11.9 Å². The molecular weight excluding hydrogens is 370 g/mol. The van der Waals surface area contributed by atoms with Crippen molar-refractivity contribution in [2.75, 3.05) is 13.2 Å². The van der Waals surface area contributed by atoms with Gasteiger partial charge in [0, 0.05) is 11.6 Å². The highest BCUT2D eigenvalue weighted by atomic mass is 16.5. The maximum Gasteiger partial charge on any atom is 0.339 e. The molecule has 0 radical (unpaired) electrons. The van der Waals surface area contributed by atoms with Gasteiger partial charge < -0.3 is 19.5 Å². The van der Waals surface area contributed by atoms with E-state index in [9.17, 15) is 9.59 Å². The highest BCUT2D eigenvalue weighted by Crippen LogP contribution is 2.30. The van der Waals surface area contributed by atoms with Gasteiger partial charge in [-0.1, -0.05) is 37.3 Å². The molecule has 1 amide bonds. The van der Waals surface area contributed by atoms with E-state index in [1.807, 2.05) is 32.0 Å². The van der Waals surface area contributed by atoms with Crippen LogP contribution in [-0.2, 0) is 9.53 Å². The van der Waals surface area contributed by atoms with Crippen LogP contribution in [0.25, 0.3) is 0 Å². The molecule has 6 nitrogen and oxygen atoms in total. The Balaban J connectivity index is 1.79. The largest absolute Gasteiger partial charge is 0.490 e. The van der Waals surface area contributed by atoms with Crippen LogP contribution < -0.4 is 14.8 Å². The van der Waals surface area contributed by atoms with Gasteiger partial charge in [-0.15, -0.1) is 0 Å². The molecule has 2 aromatic carbocycles. The predicted molar refractivity (Wildman–Crippen MR) is 109 cm³/mol. The lowest BCUT2D eigenvalue weighted by Gasteiger charge is -2.18. The second kappa shape index (κ2) is 9.96. The molecule has 154 valence electrons. The van der Waals surface area contributed by atoms with Crippen molar-refractivity contribution in [2.45, 2.75) is 45.3 Å². The van der Waals surface area contributed by atoms with Gasteiger partial charge in [-0.05, 0) is 44.4 Å². The lowest BCUT2D eigenvalue weighted by Crippen LogP contribution is -2.33. The van der Waals surface area contributed by atoms with Gasteiger partial charge in [0.1, 0.15) is 0 Å². The molecule has 1 aliphatic carbocycles. The summed E-state index contributed by atoms with van der Waals surface area (Å²) in [6.45, 7) is 4.88. The summed E-state index contributed by atoms with van der Waals surface area (Å²) < 4.78 is 16.9. The first kappa shape index (κ1) is 20.7. The van der Waals surface area contributed by atoms with E-state index in [2.05, 4.69) is 5.32 Å². The highest BCUT2D eigenvalue weighted by molar-refractivity contribution is 5.93. The predicted octanol–water partition coefficient (Wildman–Crippen LogP) is 4.05. The summed E-state index contributed by atoms with van der Waals surface area (Å²) in [5.74, 6) is 0.165. The van der Waals surface area contributed by atoms with Crippen molar-refractivity contribution in [2.24, 2.45) is 0 Å². The molecule has 1 atom stereocenters. The molecule has 0 aliphatic heterocycles. The molecule has 1 saturated carbocycles. The third-order valence-corrected chi connectivity index (χ3v) is 4.43. The van der Waals surface area contributed by atoms with Crippen molar-refractivity contribution >= 4 is 11.9 Å². The molecule has 0 aromatic heterocycles. The van der Waals surface area contributed by atoms with E-state index in [1.54, 1.807) is 30.3 Å². The van der Waals surface area contributed by atoms with Crippen LogP contribution in [0, 0.1) is 0 Å². The SMILES string of the molecule is CCCOc1ccc(C(=O)O[C@@H](C(=O)NC2CC2)c2ccccc2)cc1OCC. The quantitative estimate of drug-likeness (QED) is 0.612. The number of amides is 1. The summed E-state index contributed by atoms with van der Waals surface area (Å²) in [5, 5.41) is 2.91. The molecule has 2 aromatic rings. The van der Waals surface area contributed by atoms with Crippen molar-refractivity contribution in [3.05, 3.63) is 59.7 Å². The number of carbonyl (C=O) groups excluding carboxylic acids is 2. The summed E-state index contributed by atoms with van der Waals surface area (Å²) in [6.07, 6.45) is 1.77. The van der Waals surface area contributed by atoms with Crippen LogP contribution in [0.15, 0.2) is 48.5 Å². The average molecular weight is 397 g/mol. The van der Waals surface area contributed by atoms with Crippen molar-refractivity contribution in [3.8, 4) is 11.5 Å². The minimum atomic E-state index is -1.00. The fourth-order valence-electron chi connectivity index (χ4n) is 2.81. The molecule has 0 bridgehead atoms. The second-order valence-corrected chi connectivity index (χ2v) is 6.92. The van der Waals surface area contributed by atoms with Gasteiger partial charge in [0.05, 0.1) is 18.8 Å². The van der Waals surface area contributed by atoms with Crippen LogP contribution in [0.1, 0.15) is 55.1 Å². The topological polar surface area (TPSA) is 73.9 Å². The Morgan fingerprint density at radius 3 is 2.45 bits per heavy atom. The van der Waals surface area contributed by atoms with Crippen LogP contribution in [0.4, 0.5) is 0 Å². The second-order valence-electron chi connectivity index (χ2n) is 6.92. The van der Waals surface area contributed by atoms with Gasteiger partial charge in [0.15, 0.2) is 11.5 Å². The molecule has 1 fully saturated rings. The molecule has 29 heavy (non-hydrogen) atoms. The number of esters is 1. The van der Waals surface area contributed by atoms with Gasteiger partial charge in [-0.3, -0.25) is 4.79 Å². The van der Waals surface area contributed by atoms with E-state index in [0.717, 1.165) is 19.3 Å². The summed E-state index contributed by atoms with van der Waals surface area (Å²) in [6, 6.07) is 14.1. The van der Waals surface area contributed by atoms with Gasteiger partial charge in [0.25, 0.3) is 5.91 Å². The fourth-order valence-corrected chi connectivity index (χ4v) is 2.81. The Labute approximate surface area is 171 Å². The van der Waals surface area contributed by atoms with Gasteiger partial charge in [-0.2, -0.15) is 0 Å². The Morgan fingerprint density at radius 2 is 1.79 bits per heavy atom. The molecule has 0 saturated heterocycles. The Kier molecular flexibility index (Phi) is 7.11. The van der Waals surface area contributed by atoms with Gasteiger partial charge in [-0.25, -0.2) is 4.79 Å². The molecule has 0 heterocycles. The number of nitrogens with one attached hydrogen (secondary N) is 1. The van der Waals surface area contributed by atoms with Crippen molar-refractivity contribution in [1.29, 1.82) is 0 Å². The summed E-state index contributed by atoms with van der Waals surface area (Å²) in [7, 11) is 0. The first-order valence-corrected chi connectivity index (χ1v) is 10.1. The number of hydrogen-bond acceptors (Lipinski definition) is 5. The lowest BCUT2D eigenvalue weighted by molar-refractivity contribution is -0.130. The van der Waals surface area contributed by atoms with Crippen molar-refractivity contribution in [1.82, 2.24) is 5.32 Å². The number of ether oxygens (including phenoxy) is 3. The minimum Gasteiger partial charge on any atom is -0.490 e. The summed E-state index contributed by atoms with van der Waals surface area (Å²) in [4.78, 5) is 25.5. The number of carbonyl (C=O) groups is 2. The summed E-state index contributed by atoms with van der Waals surface area (Å²) in [5.41, 5.74) is 0.935. The normalized spacial score (nSPS) is 14.0. The molecule has 3 rings (SSSR count). The third kappa shape index (κ3) is 5.73. The number of hydrogen-bond donors (Lipinski definition) is 1. The maximum atomic E-state index is 12.8. The monoisotopic (exact) mass is 397 g/mol. The summed E-state index contributed by atoms with van der Waals surface area (Å²) >= 11 is 0. The van der Waals surface area contributed by atoms with E-state index in [4.69, 9.17) is 14.2 Å². The average Bonchev–Trinajstić information content (AvgIpc) is 3.55. The zero-order valence-electron chi connectivity index (χ0n) is 16.9. The first-order valence-electron chi connectivity index (χ1n) is 10.1. The van der Waals surface area contributed by atoms with E-state index >= 15 is 0 Å². The molecule has 6 heteroatoms. The molecule has 0 spiro atoms. The van der Waals surface area contributed by atoms with Crippen LogP contribution in [0.3, 0.4) is 0 Å². The van der Waals surface area contributed by atoms with Crippen LogP contribution in [0.5, 0.6) is 11.5 Å². The Morgan fingerprint density at radius 1 is 1.03 bits per heavy atom. The molecule has 0 unspecified atom stereocenters. The van der Waals surface area contributed by atoms with Gasteiger partial charge in [0.2, 0.25) is 6.10 Å². The standard InChI is InChI=1S/C23H27NO5/c1-3-14-28-19-13-10-17(15-20(19)27-4-2)23(26)29-21(16-8-6-5-7-9-16)22(25)24-18-11-12-18/h5-10,13,15,18,21H,3-4,11-12,14H2,1-2H3,(H,24,25)/t21-/m1/s1. The Bertz CT molecular complexity index is 832. The van der Waals surface area contributed by atoms with Gasteiger partial charge >= 0.3 is 5.97 Å². The zero-order valence-corrected chi connectivity index (χ0v) is 16.9. The number of benzene rings is 2. The van der Waals surface area contributed by atoms with Crippen LogP contribution in [-0.4, -0.2) is 31.1 Å². The van der Waals surface area contributed by atoms with E-state index < -0.39 is 12.1 Å². The smallest absolute Gasteiger partial charge is 0.339 e. The number of rotatable bonds is 10. The van der Waals surface area contributed by atoms with E-state index in [1.165, 1.54) is 0 Å². The fraction of sp³-hybridized carbons (Fsp3) is 0.391. The van der Waals surface area contributed by atoms with Crippen molar-refractivity contribution in [3.63, 3.8) is 0 Å². The lowest BCUT2D eigenvalue weighted by atomic mass is 10.1. The zero-order chi connectivity index (χ0) is 20.6. The van der Waals surface area contributed by atoms with Crippen LogP contribution in [0.2, 0.25) is 0 Å². The minimum absolute atomic E-state index is 0.173. The first-order chi connectivity index (χ1) is 14.1. The third-order valence-electron chi connectivity index (χ3n) is 4.43. The van der Waals surface area contributed by atoms with Crippen LogP contribution >= 0.6 is 0 Å².